The number of ether oxygens (including phenoxy) is 1. The van der Waals surface area contributed by atoms with Crippen LogP contribution in [-0.4, -0.2) is 52.4 Å². The van der Waals surface area contributed by atoms with Gasteiger partial charge in [0.15, 0.2) is 0 Å². The molecule has 4 aliphatic rings. The lowest BCUT2D eigenvalue weighted by molar-refractivity contribution is -0.121. The van der Waals surface area contributed by atoms with Crippen molar-refractivity contribution in [1.29, 1.82) is 0 Å². The third-order valence-corrected chi connectivity index (χ3v) is 8.01. The van der Waals surface area contributed by atoms with E-state index in [1.807, 2.05) is 12.1 Å². The minimum Gasteiger partial charge on any atom is -0.474 e. The van der Waals surface area contributed by atoms with Crippen LogP contribution in [0, 0.1) is 0 Å². The monoisotopic (exact) mass is 466 g/mol. The van der Waals surface area contributed by atoms with Gasteiger partial charge in [-0.15, -0.1) is 0 Å². The lowest BCUT2D eigenvalue weighted by Crippen LogP contribution is -2.52. The van der Waals surface area contributed by atoms with Crippen molar-refractivity contribution >= 4 is 35.1 Å². The van der Waals surface area contributed by atoms with E-state index in [4.69, 9.17) is 4.74 Å². The van der Waals surface area contributed by atoms with Crippen molar-refractivity contribution in [2.75, 3.05) is 18.0 Å². The number of pyridine rings is 2. The molecule has 3 aliphatic heterocycles. The number of hydrogen-bond acceptors (Lipinski definition) is 7. The number of carbonyl (C=O) groups excluding carboxylic acids is 2. The highest BCUT2D eigenvalue weighted by molar-refractivity contribution is 8.01. The molecule has 6 rings (SSSR count). The van der Waals surface area contributed by atoms with Crippen molar-refractivity contribution in [3.05, 3.63) is 36.2 Å². The number of urea groups is 1. The summed E-state index contributed by atoms with van der Waals surface area (Å²) in [5.41, 5.74) is 2.27. The number of nitrogens with zero attached hydrogens (tertiary/aromatic N) is 3. The van der Waals surface area contributed by atoms with Crippen LogP contribution in [0.25, 0.3) is 0 Å². The van der Waals surface area contributed by atoms with Gasteiger partial charge in [-0.2, -0.15) is 0 Å². The van der Waals surface area contributed by atoms with E-state index < -0.39 is 11.3 Å². The highest BCUT2D eigenvalue weighted by Crippen LogP contribution is 2.50. The summed E-state index contributed by atoms with van der Waals surface area (Å²) < 4.78 is 5.85. The van der Waals surface area contributed by atoms with E-state index in [2.05, 4.69) is 25.9 Å². The molecule has 2 aromatic rings. The summed E-state index contributed by atoms with van der Waals surface area (Å²) in [6.07, 6.45) is 8.92. The van der Waals surface area contributed by atoms with Crippen LogP contribution in [0.15, 0.2) is 35.6 Å². The Bertz CT molecular complexity index is 1070. The van der Waals surface area contributed by atoms with E-state index in [-0.39, 0.29) is 24.1 Å². The fourth-order valence-electron chi connectivity index (χ4n) is 4.77. The number of nitrogens with one attached hydrogen (secondary N) is 3. The van der Waals surface area contributed by atoms with Crippen molar-refractivity contribution < 1.29 is 14.3 Å². The molecule has 3 N–H and O–H groups in total. The van der Waals surface area contributed by atoms with Crippen molar-refractivity contribution in [3.8, 4) is 5.88 Å². The van der Waals surface area contributed by atoms with Gasteiger partial charge in [0, 0.05) is 30.4 Å². The Morgan fingerprint density at radius 2 is 2.09 bits per heavy atom. The molecular weight excluding hydrogens is 440 g/mol. The van der Waals surface area contributed by atoms with Gasteiger partial charge in [0.2, 0.25) is 11.8 Å². The molecule has 3 amide bonds. The van der Waals surface area contributed by atoms with Crippen molar-refractivity contribution in [2.24, 2.45) is 0 Å². The SMILES string of the molecule is O=C(NC1CCCNC1)[C@@H]1Sc2nccc3c2C1NC(=O)N3c1ccc(OC2CCC2)nc1. The zero-order valence-electron chi connectivity index (χ0n) is 18.1. The minimum atomic E-state index is -0.446. The maximum atomic E-state index is 13.2. The van der Waals surface area contributed by atoms with Crippen LogP contribution in [0.5, 0.6) is 5.88 Å². The smallest absolute Gasteiger partial charge is 0.327 e. The Hall–Kier alpha value is -2.85. The third-order valence-electron chi connectivity index (χ3n) is 6.73. The molecule has 1 saturated carbocycles. The Morgan fingerprint density at radius 3 is 2.82 bits per heavy atom. The van der Waals surface area contributed by atoms with Crippen LogP contribution in [0.2, 0.25) is 0 Å². The number of hydrogen-bond donors (Lipinski definition) is 3. The van der Waals surface area contributed by atoms with Gasteiger partial charge in [-0.25, -0.2) is 14.8 Å². The van der Waals surface area contributed by atoms with Crippen LogP contribution in [-0.2, 0) is 4.79 Å². The average molecular weight is 467 g/mol. The normalized spacial score (nSPS) is 26.2. The number of rotatable bonds is 5. The second kappa shape index (κ2) is 8.49. The molecule has 0 bridgehead atoms. The number of anilines is 2. The lowest BCUT2D eigenvalue weighted by atomic mass is 9.96. The van der Waals surface area contributed by atoms with Crippen LogP contribution in [0.1, 0.15) is 43.7 Å². The zero-order chi connectivity index (χ0) is 22.4. The lowest BCUT2D eigenvalue weighted by Gasteiger charge is -2.34. The Kier molecular flexibility index (Phi) is 5.34. The van der Waals surface area contributed by atoms with E-state index in [0.29, 0.717) is 11.6 Å². The molecule has 3 atom stereocenters. The van der Waals surface area contributed by atoms with Crippen LogP contribution < -0.4 is 25.6 Å². The fourth-order valence-corrected chi connectivity index (χ4v) is 6.01. The fraction of sp³-hybridized carbons (Fsp3) is 0.478. The van der Waals surface area contributed by atoms with Gasteiger partial charge in [-0.05, 0) is 50.8 Å². The molecule has 0 spiro atoms. The van der Waals surface area contributed by atoms with Gasteiger partial charge in [0.1, 0.15) is 16.4 Å². The highest BCUT2D eigenvalue weighted by Gasteiger charge is 2.47. The molecule has 33 heavy (non-hydrogen) atoms. The molecular formula is C23H26N6O3S. The Morgan fingerprint density at radius 1 is 1.18 bits per heavy atom. The Balaban J connectivity index is 1.24. The summed E-state index contributed by atoms with van der Waals surface area (Å²) in [5.74, 6) is 0.513. The molecule has 172 valence electrons. The van der Waals surface area contributed by atoms with Gasteiger partial charge in [0.05, 0.1) is 23.6 Å². The largest absolute Gasteiger partial charge is 0.474 e. The number of amides is 3. The highest BCUT2D eigenvalue weighted by atomic mass is 32.2. The van der Waals surface area contributed by atoms with Crippen LogP contribution in [0.4, 0.5) is 16.2 Å². The molecule has 9 nitrogen and oxygen atoms in total. The third kappa shape index (κ3) is 3.80. The zero-order valence-corrected chi connectivity index (χ0v) is 18.9. The van der Waals surface area contributed by atoms with Gasteiger partial charge < -0.3 is 20.7 Å². The number of thioether (sulfide) groups is 1. The first kappa shape index (κ1) is 20.7. The average Bonchev–Trinajstić information content (AvgIpc) is 3.17. The number of carbonyl (C=O) groups is 2. The molecule has 1 aliphatic carbocycles. The summed E-state index contributed by atoms with van der Waals surface area (Å²) in [6.45, 7) is 1.76. The van der Waals surface area contributed by atoms with E-state index in [1.165, 1.54) is 18.2 Å². The van der Waals surface area contributed by atoms with E-state index >= 15 is 0 Å². The second-order valence-corrected chi connectivity index (χ2v) is 10.1. The molecule has 0 aromatic carbocycles. The first-order valence-electron chi connectivity index (χ1n) is 11.6. The molecule has 5 heterocycles. The summed E-state index contributed by atoms with van der Waals surface area (Å²) >= 11 is 1.42. The molecule has 2 fully saturated rings. The number of aromatic nitrogens is 2. The quantitative estimate of drug-likeness (QED) is 0.622. The van der Waals surface area contributed by atoms with Gasteiger partial charge in [-0.3, -0.25) is 9.69 Å². The molecule has 2 unspecified atom stereocenters. The maximum Gasteiger partial charge on any atom is 0.327 e. The predicted molar refractivity (Wildman–Crippen MR) is 124 cm³/mol. The van der Waals surface area contributed by atoms with E-state index in [1.54, 1.807) is 23.4 Å². The molecule has 1 saturated heterocycles. The summed E-state index contributed by atoms with van der Waals surface area (Å²) in [4.78, 5) is 36.9. The molecule has 2 aromatic heterocycles. The topological polar surface area (TPSA) is 108 Å². The Labute approximate surface area is 196 Å². The van der Waals surface area contributed by atoms with Gasteiger partial charge in [0.25, 0.3) is 0 Å². The second-order valence-electron chi connectivity index (χ2n) is 8.93. The first-order chi connectivity index (χ1) is 16.2. The molecule has 0 radical (unpaired) electrons. The summed E-state index contributed by atoms with van der Waals surface area (Å²) in [6, 6.07) is 4.90. The van der Waals surface area contributed by atoms with Crippen molar-refractivity contribution in [1.82, 2.24) is 25.9 Å². The van der Waals surface area contributed by atoms with E-state index in [0.717, 1.165) is 55.0 Å². The minimum absolute atomic E-state index is 0.0597. The maximum absolute atomic E-state index is 13.2. The van der Waals surface area contributed by atoms with Crippen LogP contribution >= 0.6 is 11.8 Å². The molecule has 10 heteroatoms. The summed E-state index contributed by atoms with van der Waals surface area (Å²) in [5, 5.41) is 9.85. The summed E-state index contributed by atoms with van der Waals surface area (Å²) in [7, 11) is 0. The van der Waals surface area contributed by atoms with Gasteiger partial charge >= 0.3 is 6.03 Å². The van der Waals surface area contributed by atoms with Crippen LogP contribution in [0.3, 0.4) is 0 Å². The van der Waals surface area contributed by atoms with Crippen molar-refractivity contribution in [3.63, 3.8) is 0 Å². The van der Waals surface area contributed by atoms with Gasteiger partial charge in [-0.1, -0.05) is 11.8 Å². The standard InChI is InChI=1S/C23H26N6O3S/c30-21(27-13-3-2-9-24-11-13)20-19-18-16(8-10-25-22(18)33-20)29(23(31)28-19)14-6-7-17(26-12-14)32-15-4-1-5-15/h6-8,10,12-13,15,19-20,24H,1-5,9,11H2,(H,27,30)(H,28,31)/t13?,19?,20-/m1/s1. The van der Waals surface area contributed by atoms with Crippen molar-refractivity contribution in [2.45, 2.75) is 60.6 Å². The van der Waals surface area contributed by atoms with E-state index in [9.17, 15) is 9.59 Å². The first-order valence-corrected chi connectivity index (χ1v) is 12.5. The number of piperidine rings is 1. The predicted octanol–water partition coefficient (Wildman–Crippen LogP) is 2.65.